The minimum Gasteiger partial charge on any atom is -0.340 e. The van der Waals surface area contributed by atoms with E-state index in [-0.39, 0.29) is 5.54 Å². The fourth-order valence-electron chi connectivity index (χ4n) is 1.96. The summed E-state index contributed by atoms with van der Waals surface area (Å²) in [5, 5.41) is 6.43. The van der Waals surface area contributed by atoms with Gasteiger partial charge in [0, 0.05) is 32.4 Å². The Hall–Kier alpha value is -1.32. The maximum Gasteiger partial charge on any atom is 0.103 e. The lowest BCUT2D eigenvalue weighted by atomic mass is 9.93. The number of hydrogen-bond donors (Lipinski definition) is 0. The zero-order valence-electron chi connectivity index (χ0n) is 9.15. The van der Waals surface area contributed by atoms with Crippen LogP contribution in [0.4, 0.5) is 0 Å². The Balaban J connectivity index is 2.35. The summed E-state index contributed by atoms with van der Waals surface area (Å²) in [6.07, 6.45) is 4.85. The van der Waals surface area contributed by atoms with E-state index in [9.17, 15) is 0 Å². The van der Waals surface area contributed by atoms with E-state index in [1.807, 2.05) is 30.0 Å². The molecule has 0 saturated heterocycles. The van der Waals surface area contributed by atoms with Gasteiger partial charge in [-0.2, -0.15) is 5.10 Å². The lowest BCUT2D eigenvalue weighted by Gasteiger charge is -2.29. The molecule has 1 atom stereocenters. The second-order valence-electron chi connectivity index (χ2n) is 4.23. The molecule has 1 aliphatic rings. The molecule has 1 unspecified atom stereocenters. The van der Waals surface area contributed by atoms with E-state index >= 15 is 0 Å². The monoisotopic (exact) mass is 192 g/mol. The van der Waals surface area contributed by atoms with Crippen molar-refractivity contribution in [1.82, 2.24) is 14.6 Å². The number of imidazole rings is 1. The van der Waals surface area contributed by atoms with Gasteiger partial charge < -0.3 is 4.57 Å². The van der Waals surface area contributed by atoms with E-state index in [0.29, 0.717) is 0 Å². The van der Waals surface area contributed by atoms with Crippen LogP contribution in [-0.2, 0) is 12.6 Å². The van der Waals surface area contributed by atoms with Crippen LogP contribution in [0.25, 0.3) is 0 Å². The first-order chi connectivity index (χ1) is 6.52. The number of hydrazone groups is 1. The molecule has 0 fully saturated rings. The van der Waals surface area contributed by atoms with E-state index in [1.165, 1.54) is 5.71 Å². The van der Waals surface area contributed by atoms with Crippen LogP contribution in [0, 0.1) is 0 Å². The van der Waals surface area contributed by atoms with Gasteiger partial charge in [-0.15, -0.1) is 0 Å². The second kappa shape index (κ2) is 2.83. The van der Waals surface area contributed by atoms with Crippen molar-refractivity contribution in [3.63, 3.8) is 0 Å². The van der Waals surface area contributed by atoms with Crippen LogP contribution in [0.15, 0.2) is 17.6 Å². The van der Waals surface area contributed by atoms with Crippen molar-refractivity contribution in [1.29, 1.82) is 0 Å². The molecule has 4 heteroatoms. The molecule has 0 saturated carbocycles. The fourth-order valence-corrected chi connectivity index (χ4v) is 1.96. The van der Waals surface area contributed by atoms with Gasteiger partial charge >= 0.3 is 0 Å². The largest absolute Gasteiger partial charge is 0.340 e. The number of aromatic nitrogens is 2. The molecule has 0 N–H and O–H groups in total. The normalized spacial score (nSPS) is 26.9. The topological polar surface area (TPSA) is 33.4 Å². The Morgan fingerprint density at radius 1 is 1.43 bits per heavy atom. The summed E-state index contributed by atoms with van der Waals surface area (Å²) in [4.78, 5) is 4.40. The summed E-state index contributed by atoms with van der Waals surface area (Å²) in [7, 11) is 3.99. The first-order valence-electron chi connectivity index (χ1n) is 4.79. The third-order valence-corrected chi connectivity index (χ3v) is 2.89. The predicted octanol–water partition coefficient (Wildman–Crippen LogP) is 1.35. The van der Waals surface area contributed by atoms with Crippen LogP contribution >= 0.6 is 0 Å². The molecule has 2 rings (SSSR count). The van der Waals surface area contributed by atoms with Gasteiger partial charge in [0.15, 0.2) is 0 Å². The minimum absolute atomic E-state index is 0.0641. The molecule has 14 heavy (non-hydrogen) atoms. The average molecular weight is 192 g/mol. The Morgan fingerprint density at radius 3 is 2.57 bits per heavy atom. The maximum atomic E-state index is 4.43. The highest BCUT2D eigenvalue weighted by atomic mass is 15.5. The molecule has 2 heterocycles. The van der Waals surface area contributed by atoms with Crippen LogP contribution in [0.2, 0.25) is 0 Å². The molecule has 0 bridgehead atoms. The van der Waals surface area contributed by atoms with E-state index in [2.05, 4.69) is 30.1 Å². The van der Waals surface area contributed by atoms with E-state index in [4.69, 9.17) is 0 Å². The summed E-state index contributed by atoms with van der Waals surface area (Å²) in [6.45, 7) is 4.24. The number of nitrogens with zero attached hydrogens (tertiary/aromatic N) is 4. The minimum atomic E-state index is -0.0641. The van der Waals surface area contributed by atoms with E-state index < -0.39 is 0 Å². The highest BCUT2D eigenvalue weighted by Crippen LogP contribution is 2.34. The smallest absolute Gasteiger partial charge is 0.103 e. The van der Waals surface area contributed by atoms with Crippen molar-refractivity contribution in [3.8, 4) is 0 Å². The van der Waals surface area contributed by atoms with Crippen LogP contribution in [0.1, 0.15) is 26.0 Å². The zero-order chi connectivity index (χ0) is 10.3. The van der Waals surface area contributed by atoms with Gasteiger partial charge in [-0.25, -0.2) is 4.98 Å². The quantitative estimate of drug-likeness (QED) is 0.673. The number of rotatable bonds is 1. The van der Waals surface area contributed by atoms with Crippen molar-refractivity contribution in [2.24, 2.45) is 12.1 Å². The summed E-state index contributed by atoms with van der Waals surface area (Å²) in [5.41, 5.74) is 2.19. The van der Waals surface area contributed by atoms with Gasteiger partial charge in [0.1, 0.15) is 5.54 Å². The molecular formula is C10H16N4. The first-order valence-corrected chi connectivity index (χ1v) is 4.79. The molecule has 0 radical (unpaired) electrons. The standard InChI is InChI=1S/C10H16N4/c1-8-5-10(2,14(4)12-8)9-6-13(3)7-11-9/h6-7H,5H2,1-4H3. The average Bonchev–Trinajstić information content (AvgIpc) is 2.59. The summed E-state index contributed by atoms with van der Waals surface area (Å²) >= 11 is 0. The molecule has 0 spiro atoms. The third kappa shape index (κ3) is 1.22. The zero-order valence-corrected chi connectivity index (χ0v) is 9.15. The van der Waals surface area contributed by atoms with E-state index in [0.717, 1.165) is 12.1 Å². The lowest BCUT2D eigenvalue weighted by Crippen LogP contribution is -2.34. The van der Waals surface area contributed by atoms with Crippen LogP contribution in [0.5, 0.6) is 0 Å². The maximum absolute atomic E-state index is 4.43. The molecule has 1 aromatic heterocycles. The van der Waals surface area contributed by atoms with Crippen LogP contribution < -0.4 is 0 Å². The predicted molar refractivity (Wildman–Crippen MR) is 56.0 cm³/mol. The Labute approximate surface area is 84.2 Å². The van der Waals surface area contributed by atoms with Gasteiger partial charge in [0.25, 0.3) is 0 Å². The third-order valence-electron chi connectivity index (χ3n) is 2.89. The van der Waals surface area contributed by atoms with Crippen LogP contribution in [-0.4, -0.2) is 27.3 Å². The molecule has 1 aliphatic heterocycles. The van der Waals surface area contributed by atoms with Gasteiger partial charge in [0.05, 0.1) is 12.0 Å². The molecule has 76 valence electrons. The summed E-state index contributed by atoms with van der Waals surface area (Å²) < 4.78 is 1.97. The highest BCUT2D eigenvalue weighted by Gasteiger charge is 2.38. The molecular weight excluding hydrogens is 176 g/mol. The van der Waals surface area contributed by atoms with Crippen molar-refractivity contribution in [3.05, 3.63) is 18.2 Å². The van der Waals surface area contributed by atoms with Gasteiger partial charge in [-0.1, -0.05) is 0 Å². The van der Waals surface area contributed by atoms with E-state index in [1.54, 1.807) is 0 Å². The molecule has 0 aliphatic carbocycles. The van der Waals surface area contributed by atoms with Crippen molar-refractivity contribution < 1.29 is 0 Å². The molecule has 4 nitrogen and oxygen atoms in total. The molecule has 1 aromatic rings. The van der Waals surface area contributed by atoms with Crippen LogP contribution in [0.3, 0.4) is 0 Å². The Bertz CT molecular complexity index is 379. The Kier molecular flexibility index (Phi) is 1.87. The van der Waals surface area contributed by atoms with Crippen molar-refractivity contribution in [2.45, 2.75) is 25.8 Å². The lowest BCUT2D eigenvalue weighted by molar-refractivity contribution is 0.169. The highest BCUT2D eigenvalue weighted by molar-refractivity contribution is 5.84. The second-order valence-corrected chi connectivity index (χ2v) is 4.23. The van der Waals surface area contributed by atoms with Crippen molar-refractivity contribution >= 4 is 5.71 Å². The molecule has 0 amide bonds. The number of hydrogen-bond acceptors (Lipinski definition) is 3. The van der Waals surface area contributed by atoms with Gasteiger partial charge in [0.2, 0.25) is 0 Å². The summed E-state index contributed by atoms with van der Waals surface area (Å²) in [5.74, 6) is 0. The summed E-state index contributed by atoms with van der Waals surface area (Å²) in [6, 6.07) is 0. The molecule has 0 aromatic carbocycles. The first kappa shape index (κ1) is 9.24. The SMILES string of the molecule is CC1=NN(C)C(C)(c2cn(C)cn2)C1. The van der Waals surface area contributed by atoms with Crippen molar-refractivity contribution in [2.75, 3.05) is 7.05 Å². The van der Waals surface area contributed by atoms with Gasteiger partial charge in [-0.3, -0.25) is 5.01 Å². The number of aryl methyl sites for hydroxylation is 1. The Morgan fingerprint density at radius 2 is 2.14 bits per heavy atom. The van der Waals surface area contributed by atoms with Gasteiger partial charge in [-0.05, 0) is 13.8 Å². The fraction of sp³-hybridized carbons (Fsp3) is 0.600.